The van der Waals surface area contributed by atoms with Crippen molar-refractivity contribution in [3.8, 4) is 0 Å². The minimum Gasteiger partial charge on any atom is -0.338 e. The van der Waals surface area contributed by atoms with Crippen molar-refractivity contribution in [3.63, 3.8) is 0 Å². The van der Waals surface area contributed by atoms with Gasteiger partial charge in [0.2, 0.25) is 0 Å². The Morgan fingerprint density at radius 3 is 2.93 bits per heavy atom. The predicted octanol–water partition coefficient (Wildman–Crippen LogP) is 1.24. The van der Waals surface area contributed by atoms with Crippen LogP contribution in [0, 0.1) is 0 Å². The van der Waals surface area contributed by atoms with E-state index in [2.05, 4.69) is 9.97 Å². The number of nitrogens with zero attached hydrogens (tertiary/aromatic N) is 3. The third-order valence-corrected chi connectivity index (χ3v) is 2.22. The van der Waals surface area contributed by atoms with E-state index in [0.717, 1.165) is 5.82 Å². The van der Waals surface area contributed by atoms with Gasteiger partial charge < -0.3 is 4.57 Å². The average Bonchev–Trinajstić information content (AvgIpc) is 2.66. The molecule has 0 atom stereocenters. The second-order valence-corrected chi connectivity index (χ2v) is 3.30. The molecular formula is C11H11N3O. The molecule has 2 heterocycles. The molecule has 4 nitrogen and oxygen atoms in total. The van der Waals surface area contributed by atoms with Crippen LogP contribution in [0.3, 0.4) is 0 Å². The predicted molar refractivity (Wildman–Crippen MR) is 55.5 cm³/mol. The summed E-state index contributed by atoms with van der Waals surface area (Å²) in [5.74, 6) is 0.807. The first-order valence-corrected chi connectivity index (χ1v) is 4.67. The minimum absolute atomic E-state index is 0.0393. The van der Waals surface area contributed by atoms with Gasteiger partial charge >= 0.3 is 0 Å². The topological polar surface area (TPSA) is 47.8 Å². The maximum Gasteiger partial charge on any atom is 0.171 e. The lowest BCUT2D eigenvalue weighted by Crippen LogP contribution is -2.08. The normalized spacial score (nSPS) is 10.2. The van der Waals surface area contributed by atoms with Gasteiger partial charge in [0, 0.05) is 37.4 Å². The summed E-state index contributed by atoms with van der Waals surface area (Å²) < 4.78 is 1.84. The summed E-state index contributed by atoms with van der Waals surface area (Å²) >= 11 is 0. The SMILES string of the molecule is Cn1ccnc1CC(=O)c1cccnc1. The van der Waals surface area contributed by atoms with E-state index in [4.69, 9.17) is 0 Å². The zero-order valence-electron chi connectivity index (χ0n) is 8.42. The number of Topliss-reactive ketones (excluding diaryl/α,β-unsaturated/α-hetero) is 1. The van der Waals surface area contributed by atoms with Crippen molar-refractivity contribution in [2.75, 3.05) is 0 Å². The van der Waals surface area contributed by atoms with Crippen molar-refractivity contribution >= 4 is 5.78 Å². The highest BCUT2D eigenvalue weighted by Crippen LogP contribution is 2.03. The van der Waals surface area contributed by atoms with E-state index in [1.807, 2.05) is 17.8 Å². The maximum absolute atomic E-state index is 11.8. The molecule has 0 saturated carbocycles. The molecule has 0 radical (unpaired) electrons. The van der Waals surface area contributed by atoms with E-state index in [9.17, 15) is 4.79 Å². The molecule has 2 rings (SSSR count). The molecule has 0 aliphatic rings. The van der Waals surface area contributed by atoms with Gasteiger partial charge in [-0.1, -0.05) is 0 Å². The fraction of sp³-hybridized carbons (Fsp3) is 0.182. The number of hydrogen-bond acceptors (Lipinski definition) is 3. The van der Waals surface area contributed by atoms with Gasteiger partial charge in [0.05, 0.1) is 6.42 Å². The molecule has 0 aromatic carbocycles. The van der Waals surface area contributed by atoms with Crippen LogP contribution in [0.4, 0.5) is 0 Å². The Bertz CT molecular complexity index is 462. The van der Waals surface area contributed by atoms with Crippen LogP contribution >= 0.6 is 0 Å². The van der Waals surface area contributed by atoms with Crippen LogP contribution in [0.2, 0.25) is 0 Å². The highest BCUT2D eigenvalue weighted by Gasteiger charge is 2.09. The van der Waals surface area contributed by atoms with Crippen molar-refractivity contribution in [1.82, 2.24) is 14.5 Å². The first kappa shape index (κ1) is 9.58. The average molecular weight is 201 g/mol. The number of pyridine rings is 1. The van der Waals surface area contributed by atoms with Crippen molar-refractivity contribution in [2.45, 2.75) is 6.42 Å². The second kappa shape index (κ2) is 4.04. The van der Waals surface area contributed by atoms with E-state index in [-0.39, 0.29) is 5.78 Å². The molecule has 15 heavy (non-hydrogen) atoms. The molecular weight excluding hydrogens is 190 g/mol. The van der Waals surface area contributed by atoms with Crippen LogP contribution < -0.4 is 0 Å². The van der Waals surface area contributed by atoms with Gasteiger partial charge in [-0.25, -0.2) is 4.98 Å². The molecule has 0 unspecified atom stereocenters. The third-order valence-electron chi connectivity index (χ3n) is 2.22. The van der Waals surface area contributed by atoms with E-state index in [0.29, 0.717) is 12.0 Å². The number of aromatic nitrogens is 3. The number of rotatable bonds is 3. The molecule has 0 aliphatic carbocycles. The van der Waals surface area contributed by atoms with E-state index in [1.165, 1.54) is 0 Å². The van der Waals surface area contributed by atoms with Crippen LogP contribution in [0.25, 0.3) is 0 Å². The summed E-state index contributed by atoms with van der Waals surface area (Å²) in [5, 5.41) is 0. The molecule has 0 spiro atoms. The van der Waals surface area contributed by atoms with E-state index >= 15 is 0 Å². The monoisotopic (exact) mass is 201 g/mol. The standard InChI is InChI=1S/C11H11N3O/c1-14-6-5-13-11(14)7-10(15)9-3-2-4-12-8-9/h2-6,8H,7H2,1H3. The Labute approximate surface area is 87.6 Å². The number of hydrogen-bond donors (Lipinski definition) is 0. The van der Waals surface area contributed by atoms with Crippen molar-refractivity contribution in [1.29, 1.82) is 0 Å². The lowest BCUT2D eigenvalue weighted by atomic mass is 10.1. The number of ketones is 1. The largest absolute Gasteiger partial charge is 0.338 e. The Balaban J connectivity index is 2.15. The zero-order chi connectivity index (χ0) is 10.7. The summed E-state index contributed by atoms with van der Waals surface area (Å²) in [6, 6.07) is 3.52. The summed E-state index contributed by atoms with van der Waals surface area (Å²) in [5.41, 5.74) is 0.625. The van der Waals surface area contributed by atoms with Crippen LogP contribution in [-0.2, 0) is 13.5 Å². The lowest BCUT2D eigenvalue weighted by molar-refractivity contribution is 0.0989. The van der Waals surface area contributed by atoms with Gasteiger partial charge in [-0.15, -0.1) is 0 Å². The van der Waals surface area contributed by atoms with Crippen molar-refractivity contribution < 1.29 is 4.79 Å². The fourth-order valence-electron chi connectivity index (χ4n) is 1.34. The molecule has 76 valence electrons. The zero-order valence-corrected chi connectivity index (χ0v) is 8.42. The van der Waals surface area contributed by atoms with Crippen LogP contribution in [0.5, 0.6) is 0 Å². The highest BCUT2D eigenvalue weighted by atomic mass is 16.1. The maximum atomic E-state index is 11.8. The Hall–Kier alpha value is -1.97. The van der Waals surface area contributed by atoms with Crippen molar-refractivity contribution in [2.24, 2.45) is 7.05 Å². The highest BCUT2D eigenvalue weighted by molar-refractivity contribution is 5.96. The van der Waals surface area contributed by atoms with Crippen LogP contribution in [0.1, 0.15) is 16.2 Å². The first-order chi connectivity index (χ1) is 7.27. The third kappa shape index (κ3) is 2.10. The fourth-order valence-corrected chi connectivity index (χ4v) is 1.34. The minimum atomic E-state index is 0.0393. The van der Waals surface area contributed by atoms with Gasteiger partial charge in [0.1, 0.15) is 5.82 Å². The molecule has 2 aromatic rings. The molecule has 0 aliphatic heterocycles. The molecule has 0 N–H and O–H groups in total. The Morgan fingerprint density at radius 2 is 2.33 bits per heavy atom. The first-order valence-electron chi connectivity index (χ1n) is 4.67. The molecule has 2 aromatic heterocycles. The Morgan fingerprint density at radius 1 is 1.47 bits per heavy atom. The summed E-state index contributed by atoms with van der Waals surface area (Å²) in [7, 11) is 1.87. The molecule has 0 fully saturated rings. The number of imidazole rings is 1. The van der Waals surface area contributed by atoms with Crippen LogP contribution in [0.15, 0.2) is 36.9 Å². The smallest absolute Gasteiger partial charge is 0.171 e. The Kier molecular flexibility index (Phi) is 2.58. The number of carbonyl (C=O) groups excluding carboxylic acids is 1. The van der Waals surface area contributed by atoms with Gasteiger partial charge in [-0.3, -0.25) is 9.78 Å². The van der Waals surface area contributed by atoms with Gasteiger partial charge in [-0.2, -0.15) is 0 Å². The second-order valence-electron chi connectivity index (χ2n) is 3.30. The van der Waals surface area contributed by atoms with Crippen LogP contribution in [-0.4, -0.2) is 20.3 Å². The summed E-state index contributed by atoms with van der Waals surface area (Å²) in [6.45, 7) is 0. The molecule has 0 bridgehead atoms. The number of carbonyl (C=O) groups is 1. The molecule has 0 amide bonds. The molecule has 4 heteroatoms. The van der Waals surface area contributed by atoms with E-state index < -0.39 is 0 Å². The van der Waals surface area contributed by atoms with E-state index in [1.54, 1.807) is 30.7 Å². The van der Waals surface area contributed by atoms with Gasteiger partial charge in [0.15, 0.2) is 5.78 Å². The van der Waals surface area contributed by atoms with Crippen molar-refractivity contribution in [3.05, 3.63) is 48.3 Å². The summed E-state index contributed by atoms with van der Waals surface area (Å²) in [6.07, 6.45) is 7.05. The number of aryl methyl sites for hydroxylation is 1. The van der Waals surface area contributed by atoms with Gasteiger partial charge in [0.25, 0.3) is 0 Å². The van der Waals surface area contributed by atoms with Gasteiger partial charge in [-0.05, 0) is 12.1 Å². The quantitative estimate of drug-likeness (QED) is 0.702. The lowest BCUT2D eigenvalue weighted by Gasteiger charge is -2.00. The molecule has 0 saturated heterocycles. The summed E-state index contributed by atoms with van der Waals surface area (Å²) in [4.78, 5) is 19.8.